The Morgan fingerprint density at radius 1 is 1.08 bits per heavy atom. The molecule has 1 saturated heterocycles. The first kappa shape index (κ1) is 16.3. The number of benzene rings is 1. The molecule has 1 fully saturated rings. The maximum atomic E-state index is 12.9. The topological polar surface area (TPSA) is 52.2 Å². The lowest BCUT2D eigenvalue weighted by Gasteiger charge is -2.29. The minimum Gasteiger partial charge on any atom is -0.341 e. The largest absolute Gasteiger partial charge is 0.341 e. The zero-order chi connectivity index (χ0) is 17.2. The molecule has 2 aromatic rings. The van der Waals surface area contributed by atoms with Crippen molar-refractivity contribution in [2.24, 2.45) is 0 Å². The van der Waals surface area contributed by atoms with Crippen LogP contribution in [0.25, 0.3) is 11.3 Å². The second-order valence-electron chi connectivity index (χ2n) is 7.14. The summed E-state index contributed by atoms with van der Waals surface area (Å²) in [5.74, 6) is 0.279. The van der Waals surface area contributed by atoms with Gasteiger partial charge in [-0.15, -0.1) is 0 Å². The fraction of sp³-hybridized carbons (Fsp3) is 0.500. The summed E-state index contributed by atoms with van der Waals surface area (Å²) in [5.41, 5.74) is 4.64. The van der Waals surface area contributed by atoms with Crippen molar-refractivity contribution in [1.29, 1.82) is 0 Å². The van der Waals surface area contributed by atoms with Crippen LogP contribution in [-0.2, 0) is 17.6 Å². The minimum absolute atomic E-state index is 0.00524. The Labute approximate surface area is 149 Å². The number of likely N-dealkylation sites (tertiary alicyclic amines) is 1. The highest BCUT2D eigenvalue weighted by Gasteiger charge is 2.29. The quantitative estimate of drug-likeness (QED) is 0.935. The SMILES string of the molecule is CC(C(=O)N1CCc2[nH]nc(-c3ccccc3)c2CC1)N1CCCC1. The number of H-pyrrole nitrogens is 1. The molecule has 25 heavy (non-hydrogen) atoms. The van der Waals surface area contributed by atoms with Crippen LogP contribution in [0.4, 0.5) is 0 Å². The number of rotatable bonds is 3. The fourth-order valence-electron chi connectivity index (χ4n) is 4.09. The average Bonchev–Trinajstić information content (AvgIpc) is 3.28. The smallest absolute Gasteiger partial charge is 0.239 e. The first-order chi connectivity index (χ1) is 12.2. The first-order valence-corrected chi connectivity index (χ1v) is 9.38. The summed E-state index contributed by atoms with van der Waals surface area (Å²) in [7, 11) is 0. The van der Waals surface area contributed by atoms with E-state index in [2.05, 4.69) is 34.2 Å². The molecule has 0 bridgehead atoms. The number of carbonyl (C=O) groups excluding carboxylic acids is 1. The van der Waals surface area contributed by atoms with Gasteiger partial charge in [0.2, 0.25) is 5.91 Å². The molecule has 3 heterocycles. The lowest BCUT2D eigenvalue weighted by molar-refractivity contribution is -0.135. The number of amides is 1. The fourth-order valence-corrected chi connectivity index (χ4v) is 4.09. The number of hydrogen-bond acceptors (Lipinski definition) is 3. The average molecular weight is 338 g/mol. The monoisotopic (exact) mass is 338 g/mol. The van der Waals surface area contributed by atoms with Crippen molar-refractivity contribution >= 4 is 5.91 Å². The first-order valence-electron chi connectivity index (χ1n) is 9.38. The molecule has 5 nitrogen and oxygen atoms in total. The van der Waals surface area contributed by atoms with Crippen molar-refractivity contribution in [3.05, 3.63) is 41.6 Å². The van der Waals surface area contributed by atoms with Gasteiger partial charge in [0.25, 0.3) is 0 Å². The highest BCUT2D eigenvalue weighted by atomic mass is 16.2. The molecule has 0 radical (unpaired) electrons. The van der Waals surface area contributed by atoms with Crippen molar-refractivity contribution in [3.8, 4) is 11.3 Å². The van der Waals surface area contributed by atoms with Gasteiger partial charge >= 0.3 is 0 Å². The van der Waals surface area contributed by atoms with E-state index in [4.69, 9.17) is 0 Å². The summed E-state index contributed by atoms with van der Waals surface area (Å²) in [6.07, 6.45) is 4.16. The molecule has 4 rings (SSSR count). The van der Waals surface area contributed by atoms with Crippen molar-refractivity contribution in [3.63, 3.8) is 0 Å². The minimum atomic E-state index is 0.00524. The normalized spacial score (nSPS) is 19.5. The Bertz CT molecular complexity index is 733. The van der Waals surface area contributed by atoms with Gasteiger partial charge in [0.05, 0.1) is 11.7 Å². The van der Waals surface area contributed by atoms with E-state index < -0.39 is 0 Å². The van der Waals surface area contributed by atoms with Crippen LogP contribution in [0.3, 0.4) is 0 Å². The van der Waals surface area contributed by atoms with E-state index in [1.54, 1.807) is 0 Å². The molecule has 2 aliphatic heterocycles. The Balaban J connectivity index is 1.49. The third kappa shape index (κ3) is 3.21. The zero-order valence-electron chi connectivity index (χ0n) is 14.9. The van der Waals surface area contributed by atoms with E-state index in [1.165, 1.54) is 24.1 Å². The van der Waals surface area contributed by atoms with E-state index in [0.717, 1.165) is 50.3 Å². The van der Waals surface area contributed by atoms with Crippen LogP contribution in [0.15, 0.2) is 30.3 Å². The van der Waals surface area contributed by atoms with Crippen LogP contribution in [-0.4, -0.2) is 58.1 Å². The molecule has 0 spiro atoms. The van der Waals surface area contributed by atoms with Crippen LogP contribution < -0.4 is 0 Å². The van der Waals surface area contributed by atoms with Crippen molar-refractivity contribution < 1.29 is 4.79 Å². The summed E-state index contributed by atoms with van der Waals surface area (Å²) in [5, 5.41) is 7.75. The summed E-state index contributed by atoms with van der Waals surface area (Å²) in [6.45, 7) is 5.74. The van der Waals surface area contributed by atoms with Crippen LogP contribution >= 0.6 is 0 Å². The van der Waals surface area contributed by atoms with Gasteiger partial charge in [-0.1, -0.05) is 30.3 Å². The number of nitrogens with zero attached hydrogens (tertiary/aromatic N) is 3. The van der Waals surface area contributed by atoms with Crippen LogP contribution in [0.1, 0.15) is 31.0 Å². The molecule has 1 unspecified atom stereocenters. The lowest BCUT2D eigenvalue weighted by Crippen LogP contribution is -2.47. The molecule has 0 saturated carbocycles. The van der Waals surface area contributed by atoms with Crippen molar-refractivity contribution in [1.82, 2.24) is 20.0 Å². The second kappa shape index (κ2) is 7.00. The predicted molar refractivity (Wildman–Crippen MR) is 98.3 cm³/mol. The molecular weight excluding hydrogens is 312 g/mol. The van der Waals surface area contributed by atoms with E-state index in [9.17, 15) is 4.79 Å². The van der Waals surface area contributed by atoms with Crippen LogP contribution in [0.5, 0.6) is 0 Å². The maximum absolute atomic E-state index is 12.9. The summed E-state index contributed by atoms with van der Waals surface area (Å²) in [6, 6.07) is 10.3. The number of hydrogen-bond donors (Lipinski definition) is 1. The summed E-state index contributed by atoms with van der Waals surface area (Å²) < 4.78 is 0. The Morgan fingerprint density at radius 2 is 1.80 bits per heavy atom. The van der Waals surface area contributed by atoms with E-state index in [1.807, 2.05) is 23.1 Å². The number of carbonyl (C=O) groups is 1. The second-order valence-corrected chi connectivity index (χ2v) is 7.14. The van der Waals surface area contributed by atoms with E-state index in [0.29, 0.717) is 0 Å². The van der Waals surface area contributed by atoms with Crippen molar-refractivity contribution in [2.75, 3.05) is 26.2 Å². The lowest BCUT2D eigenvalue weighted by atomic mass is 10.0. The van der Waals surface area contributed by atoms with Gasteiger partial charge in [-0.05, 0) is 39.3 Å². The molecule has 132 valence electrons. The number of aromatic amines is 1. The molecule has 5 heteroatoms. The zero-order valence-corrected chi connectivity index (χ0v) is 14.9. The van der Waals surface area contributed by atoms with Crippen LogP contribution in [0.2, 0.25) is 0 Å². The third-order valence-electron chi connectivity index (χ3n) is 5.62. The van der Waals surface area contributed by atoms with Gasteiger partial charge in [-0.3, -0.25) is 14.8 Å². The van der Waals surface area contributed by atoms with Gasteiger partial charge in [0.15, 0.2) is 0 Å². The predicted octanol–water partition coefficient (Wildman–Crippen LogP) is 2.49. The number of fused-ring (bicyclic) bond motifs is 1. The van der Waals surface area contributed by atoms with E-state index >= 15 is 0 Å². The highest BCUT2D eigenvalue weighted by Crippen LogP contribution is 2.27. The van der Waals surface area contributed by atoms with Gasteiger partial charge in [0.1, 0.15) is 0 Å². The van der Waals surface area contributed by atoms with E-state index in [-0.39, 0.29) is 11.9 Å². The maximum Gasteiger partial charge on any atom is 0.239 e. The molecule has 2 aliphatic rings. The molecule has 0 aliphatic carbocycles. The van der Waals surface area contributed by atoms with Gasteiger partial charge in [-0.2, -0.15) is 5.10 Å². The van der Waals surface area contributed by atoms with Gasteiger partial charge < -0.3 is 4.90 Å². The molecule has 1 aromatic carbocycles. The molecule has 1 aromatic heterocycles. The van der Waals surface area contributed by atoms with Gasteiger partial charge in [0, 0.05) is 36.3 Å². The Kier molecular flexibility index (Phi) is 4.57. The number of aromatic nitrogens is 2. The van der Waals surface area contributed by atoms with Gasteiger partial charge in [-0.25, -0.2) is 0 Å². The Morgan fingerprint density at radius 3 is 2.56 bits per heavy atom. The molecule has 1 amide bonds. The summed E-state index contributed by atoms with van der Waals surface area (Å²) >= 11 is 0. The van der Waals surface area contributed by atoms with Crippen LogP contribution in [0, 0.1) is 0 Å². The molecular formula is C20H26N4O. The van der Waals surface area contributed by atoms with Crippen molar-refractivity contribution in [2.45, 2.75) is 38.6 Å². The molecule has 1 atom stereocenters. The molecule has 1 N–H and O–H groups in total. The number of nitrogens with one attached hydrogen (secondary N) is 1. The Hall–Kier alpha value is -2.14. The summed E-state index contributed by atoms with van der Waals surface area (Å²) in [4.78, 5) is 17.3. The third-order valence-corrected chi connectivity index (χ3v) is 5.62. The standard InChI is InChI=1S/C20H26N4O/c1-15(23-11-5-6-12-23)20(25)24-13-9-17-18(10-14-24)21-22-19(17)16-7-3-2-4-8-16/h2-4,7-8,15H,5-6,9-14H2,1H3,(H,21,22). The highest BCUT2D eigenvalue weighted by molar-refractivity contribution is 5.81.